The summed E-state index contributed by atoms with van der Waals surface area (Å²) in [6, 6.07) is 0. The Balaban J connectivity index is 3.46. The van der Waals surface area contributed by atoms with Gasteiger partial charge in [0.05, 0.1) is 26.4 Å². The molecule has 1 aliphatic heterocycles. The first-order chi connectivity index (χ1) is 10.8. The second-order valence-electron chi connectivity index (χ2n) is 5.33. The summed E-state index contributed by atoms with van der Waals surface area (Å²) in [7, 11) is -7.52. The third-order valence-corrected chi connectivity index (χ3v) is 10.4. The van der Waals surface area contributed by atoms with Gasteiger partial charge in [0.15, 0.2) is 0 Å². The molecule has 0 unspecified atom stereocenters. The molecule has 1 saturated heterocycles. The molecule has 0 amide bonds. The first kappa shape index (κ1) is 21.3. The van der Waals surface area contributed by atoms with Crippen molar-refractivity contribution in [3.63, 3.8) is 0 Å². The fraction of sp³-hybridized carbons (Fsp3) is 1.00. The van der Waals surface area contributed by atoms with Crippen molar-refractivity contribution in [1.82, 2.24) is 4.90 Å². The molecule has 0 aromatic heterocycles. The van der Waals surface area contributed by atoms with E-state index in [0.29, 0.717) is 13.1 Å². The van der Waals surface area contributed by atoms with Crippen LogP contribution in [-0.2, 0) is 27.2 Å². The summed E-state index contributed by atoms with van der Waals surface area (Å²) >= 11 is 0. The minimum Gasteiger partial charge on any atom is -0.307 e. The molecule has 9 heteroatoms. The lowest BCUT2D eigenvalue weighted by Gasteiger charge is -2.45. The van der Waals surface area contributed by atoms with E-state index < -0.39 is 20.2 Å². The molecule has 0 aromatic rings. The van der Waals surface area contributed by atoms with E-state index in [1.165, 1.54) is 0 Å². The van der Waals surface area contributed by atoms with E-state index in [2.05, 4.69) is 0 Å². The minimum atomic E-state index is -3.76. The molecule has 1 rings (SSSR count). The predicted molar refractivity (Wildman–Crippen MR) is 90.9 cm³/mol. The van der Waals surface area contributed by atoms with Gasteiger partial charge in [-0.25, -0.2) is 0 Å². The van der Waals surface area contributed by atoms with Gasteiger partial charge in [-0.2, -0.15) is 0 Å². The van der Waals surface area contributed by atoms with Crippen molar-refractivity contribution in [3.8, 4) is 0 Å². The zero-order chi connectivity index (χ0) is 17.6. The number of nitrogens with zero attached hydrogens (tertiary/aromatic N) is 1. The Bertz CT molecular complexity index is 403. The van der Waals surface area contributed by atoms with Gasteiger partial charge < -0.3 is 18.1 Å². The molecule has 0 saturated carbocycles. The zero-order valence-corrected chi connectivity index (χ0v) is 16.7. The van der Waals surface area contributed by atoms with Gasteiger partial charge in [-0.15, -0.1) is 0 Å². The van der Waals surface area contributed by atoms with Crippen molar-refractivity contribution in [1.29, 1.82) is 0 Å². The Labute approximate surface area is 140 Å². The second-order valence-corrected chi connectivity index (χ2v) is 10.4. The van der Waals surface area contributed by atoms with Crippen LogP contribution in [0.1, 0.15) is 47.5 Å². The molecule has 0 N–H and O–H groups in total. The van der Waals surface area contributed by atoms with Gasteiger partial charge in [-0.05, 0) is 60.5 Å². The lowest BCUT2D eigenvalue weighted by Crippen LogP contribution is -2.46. The van der Waals surface area contributed by atoms with Crippen molar-refractivity contribution < 1.29 is 27.2 Å². The largest absolute Gasteiger partial charge is 0.362 e. The Hall–Kier alpha value is 0.260. The summed E-state index contributed by atoms with van der Waals surface area (Å²) in [6.45, 7) is 10.7. The van der Waals surface area contributed by atoms with E-state index in [0.717, 1.165) is 12.8 Å². The van der Waals surface area contributed by atoms with E-state index in [9.17, 15) is 9.13 Å². The topological polar surface area (TPSA) is 74.3 Å². The normalized spacial score (nSPS) is 17.8. The molecular formula is C14H31NO6P2. The van der Waals surface area contributed by atoms with E-state index >= 15 is 0 Å². The third kappa shape index (κ3) is 4.09. The highest BCUT2D eigenvalue weighted by molar-refractivity contribution is 7.74. The van der Waals surface area contributed by atoms with E-state index in [1.54, 1.807) is 34.6 Å². The van der Waals surface area contributed by atoms with Crippen molar-refractivity contribution in [2.45, 2.75) is 52.5 Å². The molecule has 1 fully saturated rings. The summed E-state index contributed by atoms with van der Waals surface area (Å²) in [5, 5.41) is -1.45. The van der Waals surface area contributed by atoms with Crippen molar-refractivity contribution in [2.24, 2.45) is 0 Å². The van der Waals surface area contributed by atoms with Crippen LogP contribution in [0.15, 0.2) is 0 Å². The fourth-order valence-corrected chi connectivity index (χ4v) is 8.35. The molecular weight excluding hydrogens is 340 g/mol. The van der Waals surface area contributed by atoms with E-state index in [4.69, 9.17) is 18.1 Å². The highest BCUT2D eigenvalue weighted by Gasteiger charge is 2.65. The molecule has 1 aliphatic rings. The number of hydrogen-bond acceptors (Lipinski definition) is 7. The van der Waals surface area contributed by atoms with Crippen molar-refractivity contribution in [2.75, 3.05) is 39.5 Å². The van der Waals surface area contributed by atoms with Gasteiger partial charge in [0.1, 0.15) is 0 Å². The first-order valence-electron chi connectivity index (χ1n) is 8.38. The van der Waals surface area contributed by atoms with Crippen LogP contribution in [-0.4, -0.2) is 49.4 Å². The summed E-state index contributed by atoms with van der Waals surface area (Å²) in [5.41, 5.74) is 0. The average molecular weight is 371 g/mol. The standard InChI is InChI=1S/C14H31NO6P2/c1-6-18-22(16,19-7-2)14(5,15-12-10-11-13-15)23(17,20-8-3)21-9-4/h6-13H2,1-5H3. The molecule has 0 spiro atoms. The Kier molecular flexibility index (Phi) is 8.42. The summed E-state index contributed by atoms with van der Waals surface area (Å²) < 4.78 is 49.4. The van der Waals surface area contributed by atoms with Gasteiger partial charge in [0, 0.05) is 0 Å². The Morgan fingerprint density at radius 1 is 0.783 bits per heavy atom. The third-order valence-electron chi connectivity index (χ3n) is 3.94. The predicted octanol–water partition coefficient (Wildman–Crippen LogP) is 4.29. The smallest absolute Gasteiger partial charge is 0.307 e. The van der Waals surface area contributed by atoms with Crippen LogP contribution in [0.25, 0.3) is 0 Å². The van der Waals surface area contributed by atoms with Crippen molar-refractivity contribution in [3.05, 3.63) is 0 Å². The Morgan fingerprint density at radius 2 is 1.09 bits per heavy atom. The van der Waals surface area contributed by atoms with Crippen LogP contribution in [0.2, 0.25) is 0 Å². The van der Waals surface area contributed by atoms with Gasteiger partial charge in [-0.1, -0.05) is 0 Å². The fourth-order valence-electron chi connectivity index (χ4n) is 2.88. The van der Waals surface area contributed by atoms with Gasteiger partial charge in [0.25, 0.3) is 0 Å². The maximum Gasteiger partial charge on any atom is 0.362 e. The van der Waals surface area contributed by atoms with Gasteiger partial charge in [0.2, 0.25) is 5.02 Å². The number of rotatable bonds is 11. The Morgan fingerprint density at radius 3 is 1.35 bits per heavy atom. The van der Waals surface area contributed by atoms with Gasteiger partial charge >= 0.3 is 15.2 Å². The van der Waals surface area contributed by atoms with Crippen LogP contribution >= 0.6 is 15.2 Å². The van der Waals surface area contributed by atoms with Crippen LogP contribution < -0.4 is 0 Å². The summed E-state index contributed by atoms with van der Waals surface area (Å²) in [4.78, 5) is 1.89. The van der Waals surface area contributed by atoms with Crippen LogP contribution in [0, 0.1) is 0 Å². The van der Waals surface area contributed by atoms with E-state index in [-0.39, 0.29) is 26.4 Å². The zero-order valence-electron chi connectivity index (χ0n) is 14.9. The summed E-state index contributed by atoms with van der Waals surface area (Å²) in [5.74, 6) is 0. The molecule has 0 bridgehead atoms. The molecule has 0 aromatic carbocycles. The number of hydrogen-bond donors (Lipinski definition) is 0. The van der Waals surface area contributed by atoms with Crippen LogP contribution in [0.5, 0.6) is 0 Å². The SMILES string of the molecule is CCOP(=O)(OCC)C(C)(N1CCCC1)P(=O)(OCC)OCC. The monoisotopic (exact) mass is 371 g/mol. The van der Waals surface area contributed by atoms with E-state index in [1.807, 2.05) is 4.90 Å². The average Bonchev–Trinajstić information content (AvgIpc) is 3.01. The van der Waals surface area contributed by atoms with Gasteiger partial charge in [-0.3, -0.25) is 14.0 Å². The quantitative estimate of drug-likeness (QED) is 0.502. The lowest BCUT2D eigenvalue weighted by atomic mass is 10.4. The van der Waals surface area contributed by atoms with Crippen molar-refractivity contribution >= 4 is 15.2 Å². The maximum absolute atomic E-state index is 13.6. The molecule has 1 heterocycles. The minimum absolute atomic E-state index is 0.193. The molecule has 0 atom stereocenters. The summed E-state index contributed by atoms with van der Waals surface area (Å²) in [6.07, 6.45) is 1.87. The number of likely N-dealkylation sites (tertiary alicyclic amines) is 1. The molecule has 0 radical (unpaired) electrons. The maximum atomic E-state index is 13.6. The van der Waals surface area contributed by atoms with Crippen LogP contribution in [0.4, 0.5) is 0 Å². The van der Waals surface area contributed by atoms with Crippen LogP contribution in [0.3, 0.4) is 0 Å². The second kappa shape index (κ2) is 9.10. The lowest BCUT2D eigenvalue weighted by molar-refractivity contribution is 0.127. The highest BCUT2D eigenvalue weighted by Crippen LogP contribution is 2.78. The first-order valence-corrected chi connectivity index (χ1v) is 11.5. The highest BCUT2D eigenvalue weighted by atomic mass is 31.2. The molecule has 0 aliphatic carbocycles. The molecule has 7 nitrogen and oxygen atoms in total. The molecule has 138 valence electrons. The molecule has 23 heavy (non-hydrogen) atoms.